The summed E-state index contributed by atoms with van der Waals surface area (Å²) in [5.74, 6) is 1.53. The highest BCUT2D eigenvalue weighted by Crippen LogP contribution is 2.30. The van der Waals surface area contributed by atoms with Crippen molar-refractivity contribution in [2.24, 2.45) is 0 Å². The lowest BCUT2D eigenvalue weighted by atomic mass is 10.1. The molecule has 0 saturated carbocycles. The van der Waals surface area contributed by atoms with Crippen LogP contribution in [-0.4, -0.2) is 33.4 Å². The molecule has 2 heterocycles. The summed E-state index contributed by atoms with van der Waals surface area (Å²) in [4.78, 5) is 19.4. The van der Waals surface area contributed by atoms with Crippen LogP contribution in [0.3, 0.4) is 0 Å². The van der Waals surface area contributed by atoms with Crippen LogP contribution in [0.5, 0.6) is 0 Å². The number of nitrogens with zero attached hydrogens (tertiary/aromatic N) is 3. The summed E-state index contributed by atoms with van der Waals surface area (Å²) < 4.78 is 2.34. The molecule has 140 valence electrons. The number of benzene rings is 2. The zero-order valence-corrected chi connectivity index (χ0v) is 16.0. The van der Waals surface area contributed by atoms with Gasteiger partial charge in [0, 0.05) is 32.0 Å². The van der Waals surface area contributed by atoms with Gasteiger partial charge in [-0.25, -0.2) is 4.98 Å². The van der Waals surface area contributed by atoms with Crippen LogP contribution >= 0.6 is 0 Å². The summed E-state index contributed by atoms with van der Waals surface area (Å²) in [6, 6.07) is 18.9. The number of carbonyl (C=O) groups excluding carboxylic acids is 1. The summed E-state index contributed by atoms with van der Waals surface area (Å²) in [6.45, 7) is 4.73. The van der Waals surface area contributed by atoms with Gasteiger partial charge in [-0.3, -0.25) is 4.79 Å². The van der Waals surface area contributed by atoms with Crippen molar-refractivity contribution in [1.82, 2.24) is 14.5 Å². The maximum Gasteiger partial charge on any atom is 0.223 e. The number of amides is 1. The van der Waals surface area contributed by atoms with Gasteiger partial charge in [0.25, 0.3) is 0 Å². The second kappa shape index (κ2) is 7.95. The van der Waals surface area contributed by atoms with Crippen LogP contribution < -0.4 is 0 Å². The number of unbranched alkanes of at least 4 members (excludes halogenated alkanes) is 1. The lowest BCUT2D eigenvalue weighted by Gasteiger charge is -2.17. The fraction of sp³-hybridized carbons (Fsp3) is 0.391. The molecule has 0 bridgehead atoms. The number of para-hydroxylation sites is 2. The van der Waals surface area contributed by atoms with E-state index in [4.69, 9.17) is 4.98 Å². The average Bonchev–Trinajstić information content (AvgIpc) is 3.25. The molecular formula is C23H27N3O. The molecule has 4 nitrogen and oxygen atoms in total. The molecule has 1 aliphatic heterocycles. The molecule has 1 fully saturated rings. The van der Waals surface area contributed by atoms with Gasteiger partial charge >= 0.3 is 0 Å². The molecule has 0 unspecified atom stereocenters. The van der Waals surface area contributed by atoms with Gasteiger partial charge in [0.15, 0.2) is 0 Å². The fourth-order valence-corrected chi connectivity index (χ4v) is 4.04. The van der Waals surface area contributed by atoms with Crippen LogP contribution in [0.2, 0.25) is 0 Å². The van der Waals surface area contributed by atoms with Crippen molar-refractivity contribution in [3.8, 4) is 0 Å². The zero-order chi connectivity index (χ0) is 18.6. The minimum Gasteiger partial charge on any atom is -0.342 e. The quantitative estimate of drug-likeness (QED) is 0.626. The number of imidazole rings is 1. The Morgan fingerprint density at radius 3 is 2.63 bits per heavy atom. The first-order valence-electron chi connectivity index (χ1n) is 10.0. The van der Waals surface area contributed by atoms with Gasteiger partial charge in [-0.15, -0.1) is 0 Å². The van der Waals surface area contributed by atoms with E-state index in [1.807, 2.05) is 11.0 Å². The smallest absolute Gasteiger partial charge is 0.223 e. The normalized spacial score (nSPS) is 17.1. The molecule has 0 N–H and O–H groups in total. The summed E-state index contributed by atoms with van der Waals surface area (Å²) in [7, 11) is 0. The molecule has 0 radical (unpaired) electrons. The molecule has 1 aromatic heterocycles. The minimum absolute atomic E-state index is 0.192. The third-order valence-corrected chi connectivity index (χ3v) is 5.51. The lowest BCUT2D eigenvalue weighted by Crippen LogP contribution is -2.26. The van der Waals surface area contributed by atoms with Crippen molar-refractivity contribution < 1.29 is 4.79 Å². The van der Waals surface area contributed by atoms with E-state index in [2.05, 4.69) is 60.0 Å². The Labute approximate surface area is 160 Å². The topological polar surface area (TPSA) is 38.1 Å². The van der Waals surface area contributed by atoms with Gasteiger partial charge in [-0.1, -0.05) is 55.8 Å². The molecule has 1 saturated heterocycles. The van der Waals surface area contributed by atoms with Crippen LogP contribution in [0.4, 0.5) is 0 Å². The summed E-state index contributed by atoms with van der Waals surface area (Å²) in [5.41, 5.74) is 3.52. The Morgan fingerprint density at radius 2 is 1.81 bits per heavy atom. The van der Waals surface area contributed by atoms with Crippen molar-refractivity contribution in [3.05, 3.63) is 66.0 Å². The van der Waals surface area contributed by atoms with Crippen molar-refractivity contribution in [2.45, 2.75) is 45.1 Å². The predicted octanol–water partition coefficient (Wildman–Crippen LogP) is 4.40. The first-order chi connectivity index (χ1) is 13.3. The van der Waals surface area contributed by atoms with Crippen LogP contribution in [-0.2, 0) is 17.8 Å². The molecule has 27 heavy (non-hydrogen) atoms. The number of likely N-dealkylation sites (tertiary alicyclic amines) is 1. The van der Waals surface area contributed by atoms with Gasteiger partial charge in [0.05, 0.1) is 11.0 Å². The number of carbonyl (C=O) groups is 1. The van der Waals surface area contributed by atoms with E-state index in [9.17, 15) is 4.79 Å². The summed E-state index contributed by atoms with van der Waals surface area (Å²) in [5, 5.41) is 0. The first-order valence-corrected chi connectivity index (χ1v) is 10.0. The Morgan fingerprint density at radius 1 is 1.04 bits per heavy atom. The van der Waals surface area contributed by atoms with E-state index < -0.39 is 0 Å². The second-order valence-electron chi connectivity index (χ2n) is 7.44. The number of rotatable bonds is 7. The van der Waals surface area contributed by atoms with Crippen molar-refractivity contribution in [1.29, 1.82) is 0 Å². The van der Waals surface area contributed by atoms with Crippen LogP contribution in [0.1, 0.15) is 43.5 Å². The number of hydrogen-bond donors (Lipinski definition) is 0. The standard InChI is InChI=1S/C23H27N3O/c1-2-3-14-25-17-19(16-22(25)27)23-24-20-11-7-8-12-21(20)26(23)15-13-18-9-5-4-6-10-18/h4-12,19H,2-3,13-17H2,1H3/t19-/m1/s1. The van der Waals surface area contributed by atoms with E-state index in [1.165, 1.54) is 11.1 Å². The van der Waals surface area contributed by atoms with E-state index in [0.29, 0.717) is 6.42 Å². The summed E-state index contributed by atoms with van der Waals surface area (Å²) >= 11 is 0. The number of hydrogen-bond acceptors (Lipinski definition) is 2. The third kappa shape index (κ3) is 3.75. The van der Waals surface area contributed by atoms with Crippen molar-refractivity contribution >= 4 is 16.9 Å². The minimum atomic E-state index is 0.192. The largest absolute Gasteiger partial charge is 0.342 e. The van der Waals surface area contributed by atoms with Gasteiger partial charge in [-0.2, -0.15) is 0 Å². The monoisotopic (exact) mass is 361 g/mol. The van der Waals surface area contributed by atoms with Crippen LogP contribution in [0.25, 0.3) is 11.0 Å². The molecule has 1 aliphatic rings. The third-order valence-electron chi connectivity index (χ3n) is 5.51. The fourth-order valence-electron chi connectivity index (χ4n) is 4.04. The Kier molecular flexibility index (Phi) is 5.23. The SMILES string of the molecule is CCCCN1C[C@H](c2nc3ccccc3n2CCc2ccccc2)CC1=O. The molecule has 1 amide bonds. The number of aryl methyl sites for hydroxylation is 2. The van der Waals surface area contributed by atoms with Gasteiger partial charge in [0.1, 0.15) is 5.82 Å². The molecule has 2 aromatic carbocycles. The van der Waals surface area contributed by atoms with E-state index in [1.54, 1.807) is 0 Å². The second-order valence-corrected chi connectivity index (χ2v) is 7.44. The molecule has 0 spiro atoms. The van der Waals surface area contributed by atoms with Crippen molar-refractivity contribution in [3.63, 3.8) is 0 Å². The highest BCUT2D eigenvalue weighted by atomic mass is 16.2. The van der Waals surface area contributed by atoms with Crippen LogP contribution in [0, 0.1) is 0 Å². The summed E-state index contributed by atoms with van der Waals surface area (Å²) in [6.07, 6.45) is 3.74. The van der Waals surface area contributed by atoms with Gasteiger partial charge in [0.2, 0.25) is 5.91 Å². The molecule has 4 heteroatoms. The molecular weight excluding hydrogens is 334 g/mol. The molecule has 0 aliphatic carbocycles. The number of fused-ring (bicyclic) bond motifs is 1. The van der Waals surface area contributed by atoms with Gasteiger partial charge in [-0.05, 0) is 30.5 Å². The highest BCUT2D eigenvalue weighted by Gasteiger charge is 2.33. The van der Waals surface area contributed by atoms with Crippen LogP contribution in [0.15, 0.2) is 54.6 Å². The highest BCUT2D eigenvalue weighted by molar-refractivity contribution is 5.80. The van der Waals surface area contributed by atoms with E-state index in [0.717, 1.165) is 50.2 Å². The molecule has 4 rings (SSSR count). The van der Waals surface area contributed by atoms with E-state index in [-0.39, 0.29) is 11.8 Å². The Hall–Kier alpha value is -2.62. The first kappa shape index (κ1) is 17.8. The molecule has 3 aromatic rings. The predicted molar refractivity (Wildman–Crippen MR) is 109 cm³/mol. The maximum absolute atomic E-state index is 12.5. The average molecular weight is 361 g/mol. The number of aromatic nitrogens is 2. The van der Waals surface area contributed by atoms with E-state index >= 15 is 0 Å². The van der Waals surface area contributed by atoms with Gasteiger partial charge < -0.3 is 9.47 Å². The molecule has 1 atom stereocenters. The lowest BCUT2D eigenvalue weighted by molar-refractivity contribution is -0.127. The maximum atomic E-state index is 12.5. The Balaban J connectivity index is 1.61. The van der Waals surface area contributed by atoms with Crippen molar-refractivity contribution in [2.75, 3.05) is 13.1 Å². The Bertz CT molecular complexity index is 916. The zero-order valence-electron chi connectivity index (χ0n) is 16.0.